The molecule has 0 aromatic carbocycles. The van der Waals surface area contributed by atoms with Crippen LogP contribution >= 0.6 is 0 Å². The zero-order chi connectivity index (χ0) is 13.7. The van der Waals surface area contributed by atoms with Gasteiger partial charge in [0.05, 0.1) is 12.2 Å². The summed E-state index contributed by atoms with van der Waals surface area (Å²) >= 11 is 0. The molecule has 1 saturated heterocycles. The van der Waals surface area contributed by atoms with E-state index in [2.05, 4.69) is 33.0 Å². The van der Waals surface area contributed by atoms with Crippen molar-refractivity contribution in [2.24, 2.45) is 11.8 Å². The molecule has 1 amide bonds. The Kier molecular flexibility index (Phi) is 6.09. The maximum Gasteiger partial charge on any atom is 0.241 e. The van der Waals surface area contributed by atoms with Crippen molar-refractivity contribution >= 4 is 5.91 Å². The molecular formula is C14H28N2O2. The van der Waals surface area contributed by atoms with Crippen LogP contribution in [0.5, 0.6) is 0 Å². The second-order valence-electron chi connectivity index (χ2n) is 5.92. The van der Waals surface area contributed by atoms with Gasteiger partial charge in [0.15, 0.2) is 0 Å². The van der Waals surface area contributed by atoms with Gasteiger partial charge in [-0.2, -0.15) is 0 Å². The van der Waals surface area contributed by atoms with E-state index in [1.54, 1.807) is 7.11 Å². The first kappa shape index (κ1) is 15.4. The first-order chi connectivity index (χ1) is 8.47. The van der Waals surface area contributed by atoms with Crippen LogP contribution in [0.25, 0.3) is 0 Å². The van der Waals surface area contributed by atoms with Crippen molar-refractivity contribution < 1.29 is 9.53 Å². The molecule has 0 aromatic heterocycles. The van der Waals surface area contributed by atoms with E-state index in [-0.39, 0.29) is 18.1 Å². The molecule has 0 aliphatic carbocycles. The molecule has 1 aliphatic rings. The van der Waals surface area contributed by atoms with Gasteiger partial charge in [0.2, 0.25) is 5.91 Å². The van der Waals surface area contributed by atoms with Crippen LogP contribution in [0.2, 0.25) is 0 Å². The summed E-state index contributed by atoms with van der Waals surface area (Å²) in [6.07, 6.45) is 2.00. The summed E-state index contributed by atoms with van der Waals surface area (Å²) in [7, 11) is 1.70. The van der Waals surface area contributed by atoms with E-state index in [4.69, 9.17) is 4.74 Å². The van der Waals surface area contributed by atoms with E-state index in [0.29, 0.717) is 18.4 Å². The fourth-order valence-corrected chi connectivity index (χ4v) is 2.53. The van der Waals surface area contributed by atoms with Crippen LogP contribution in [0.1, 0.15) is 40.5 Å². The molecule has 4 heteroatoms. The summed E-state index contributed by atoms with van der Waals surface area (Å²) in [6.45, 7) is 10.1. The Hall–Kier alpha value is -0.610. The lowest BCUT2D eigenvalue weighted by atomic mass is 10.0. The quantitative estimate of drug-likeness (QED) is 0.707. The van der Waals surface area contributed by atoms with Gasteiger partial charge in [0.1, 0.15) is 0 Å². The molecule has 0 spiro atoms. The molecule has 1 heterocycles. The van der Waals surface area contributed by atoms with Crippen LogP contribution in [0.15, 0.2) is 0 Å². The second kappa shape index (κ2) is 7.10. The first-order valence-electron chi connectivity index (χ1n) is 7.02. The Bertz CT molecular complexity index is 267. The molecule has 4 nitrogen and oxygen atoms in total. The highest BCUT2D eigenvalue weighted by molar-refractivity contribution is 5.84. The molecule has 1 aliphatic heterocycles. The molecule has 0 radical (unpaired) electrons. The lowest BCUT2D eigenvalue weighted by molar-refractivity contribution is -0.131. The van der Waals surface area contributed by atoms with Gasteiger partial charge in [-0.25, -0.2) is 0 Å². The Balaban J connectivity index is 2.62. The summed E-state index contributed by atoms with van der Waals surface area (Å²) in [6, 6.07) is -0.0000510. The normalized spacial score (nSPS) is 24.6. The third-order valence-corrected chi connectivity index (χ3v) is 3.37. The summed E-state index contributed by atoms with van der Waals surface area (Å²) in [5.74, 6) is 1.24. The van der Waals surface area contributed by atoms with E-state index in [1.165, 1.54) is 0 Å². The van der Waals surface area contributed by atoms with Gasteiger partial charge in [-0.15, -0.1) is 0 Å². The van der Waals surface area contributed by atoms with Gasteiger partial charge in [-0.3, -0.25) is 10.1 Å². The highest BCUT2D eigenvalue weighted by atomic mass is 16.5. The average Bonchev–Trinajstić information content (AvgIpc) is 2.57. The van der Waals surface area contributed by atoms with Crippen molar-refractivity contribution in [2.45, 2.75) is 52.7 Å². The van der Waals surface area contributed by atoms with Crippen molar-refractivity contribution in [1.29, 1.82) is 0 Å². The van der Waals surface area contributed by atoms with Gasteiger partial charge in [0, 0.05) is 20.3 Å². The predicted molar refractivity (Wildman–Crippen MR) is 73.2 cm³/mol. The van der Waals surface area contributed by atoms with Crippen LogP contribution in [-0.4, -0.2) is 43.3 Å². The number of hydrogen-bond donors (Lipinski definition) is 1. The lowest BCUT2D eigenvalue weighted by Crippen LogP contribution is -2.42. The minimum absolute atomic E-state index is 0.0000510. The number of hydrogen-bond acceptors (Lipinski definition) is 3. The predicted octanol–water partition coefficient (Wildman–Crippen LogP) is 1.85. The summed E-state index contributed by atoms with van der Waals surface area (Å²) in [5.41, 5.74) is 0. The number of amides is 1. The molecule has 18 heavy (non-hydrogen) atoms. The van der Waals surface area contributed by atoms with E-state index in [1.807, 2.05) is 4.90 Å². The third-order valence-electron chi connectivity index (χ3n) is 3.37. The van der Waals surface area contributed by atoms with Gasteiger partial charge >= 0.3 is 0 Å². The fraction of sp³-hybridized carbons (Fsp3) is 0.929. The van der Waals surface area contributed by atoms with Crippen LogP contribution in [0, 0.1) is 11.8 Å². The topological polar surface area (TPSA) is 41.6 Å². The minimum Gasteiger partial charge on any atom is -0.385 e. The van der Waals surface area contributed by atoms with Gasteiger partial charge in [-0.05, 0) is 24.7 Å². The third kappa shape index (κ3) is 3.95. The molecule has 1 rings (SSSR count). The second-order valence-corrected chi connectivity index (χ2v) is 5.92. The lowest BCUT2D eigenvalue weighted by Gasteiger charge is -2.27. The zero-order valence-electron chi connectivity index (χ0n) is 12.4. The van der Waals surface area contributed by atoms with Gasteiger partial charge < -0.3 is 9.64 Å². The van der Waals surface area contributed by atoms with E-state index < -0.39 is 0 Å². The highest BCUT2D eigenvalue weighted by Crippen LogP contribution is 2.21. The number of ether oxygens (including phenoxy) is 1. The van der Waals surface area contributed by atoms with Crippen molar-refractivity contribution in [3.8, 4) is 0 Å². The number of carbonyl (C=O) groups excluding carboxylic acids is 1. The average molecular weight is 256 g/mol. The van der Waals surface area contributed by atoms with Crippen molar-refractivity contribution in [2.75, 3.05) is 20.3 Å². The van der Waals surface area contributed by atoms with Gasteiger partial charge in [-0.1, -0.05) is 27.7 Å². The number of carbonyl (C=O) groups is 1. The van der Waals surface area contributed by atoms with Crippen molar-refractivity contribution in [1.82, 2.24) is 10.2 Å². The van der Waals surface area contributed by atoms with E-state index in [9.17, 15) is 4.79 Å². The highest BCUT2D eigenvalue weighted by Gasteiger charge is 2.39. The van der Waals surface area contributed by atoms with Crippen LogP contribution in [0.3, 0.4) is 0 Å². The first-order valence-corrected chi connectivity index (χ1v) is 7.02. The van der Waals surface area contributed by atoms with Crippen molar-refractivity contribution in [3.05, 3.63) is 0 Å². The monoisotopic (exact) mass is 256 g/mol. The molecule has 0 aromatic rings. The molecule has 1 N–H and O–H groups in total. The molecular weight excluding hydrogens is 228 g/mol. The zero-order valence-corrected chi connectivity index (χ0v) is 12.4. The molecule has 1 fully saturated rings. The van der Waals surface area contributed by atoms with Crippen LogP contribution in [0.4, 0.5) is 0 Å². The molecule has 2 atom stereocenters. The van der Waals surface area contributed by atoms with Crippen molar-refractivity contribution in [3.63, 3.8) is 0 Å². The molecule has 106 valence electrons. The largest absolute Gasteiger partial charge is 0.385 e. The Morgan fingerprint density at radius 1 is 1.33 bits per heavy atom. The fourth-order valence-electron chi connectivity index (χ4n) is 2.53. The van der Waals surface area contributed by atoms with E-state index >= 15 is 0 Å². The number of nitrogens with one attached hydrogen (secondary N) is 1. The standard InChI is InChI=1S/C14H28N2O2/c1-10(2)9-12-14(17)16(7-6-8-18-5)13(15-12)11(3)4/h10-13,15H,6-9H2,1-5H3. The summed E-state index contributed by atoms with van der Waals surface area (Å²) in [4.78, 5) is 14.4. The number of methoxy groups -OCH3 is 1. The van der Waals surface area contributed by atoms with Crippen LogP contribution in [-0.2, 0) is 9.53 Å². The van der Waals surface area contributed by atoms with Gasteiger partial charge in [0.25, 0.3) is 0 Å². The molecule has 2 unspecified atom stereocenters. The summed E-state index contributed by atoms with van der Waals surface area (Å²) in [5, 5.41) is 3.48. The summed E-state index contributed by atoms with van der Waals surface area (Å²) < 4.78 is 5.07. The molecule has 0 bridgehead atoms. The van der Waals surface area contributed by atoms with E-state index in [0.717, 1.165) is 19.4 Å². The number of rotatable bonds is 7. The Morgan fingerprint density at radius 3 is 2.50 bits per heavy atom. The molecule has 0 saturated carbocycles. The van der Waals surface area contributed by atoms with Crippen LogP contribution < -0.4 is 5.32 Å². The maximum absolute atomic E-state index is 12.4. The Labute approximate surface area is 111 Å². The smallest absolute Gasteiger partial charge is 0.241 e. The maximum atomic E-state index is 12.4. The SMILES string of the molecule is COCCCN1C(=O)C(CC(C)C)NC1C(C)C. The Morgan fingerprint density at radius 2 is 2.00 bits per heavy atom. The number of nitrogens with zero attached hydrogens (tertiary/aromatic N) is 1. The minimum atomic E-state index is -0.0000510.